The van der Waals surface area contributed by atoms with Crippen LogP contribution in [0.2, 0.25) is 0 Å². The van der Waals surface area contributed by atoms with Crippen LogP contribution in [0, 0.1) is 0 Å². The van der Waals surface area contributed by atoms with E-state index in [0.717, 1.165) is 5.56 Å². The molecule has 0 aliphatic heterocycles. The summed E-state index contributed by atoms with van der Waals surface area (Å²) in [4.78, 5) is 12.1. The Morgan fingerprint density at radius 3 is 2.62 bits per heavy atom. The Morgan fingerprint density at radius 2 is 2.00 bits per heavy atom. The van der Waals surface area contributed by atoms with Crippen molar-refractivity contribution in [2.24, 2.45) is 7.05 Å². The van der Waals surface area contributed by atoms with Crippen molar-refractivity contribution < 1.29 is 9.84 Å². The topological polar surface area (TPSA) is 64.3 Å². The Balaban J connectivity index is 2.66. The van der Waals surface area contributed by atoms with Crippen LogP contribution in [0.4, 0.5) is 0 Å². The molecule has 5 heteroatoms. The molecule has 1 heterocycles. The minimum absolute atomic E-state index is 0.305. The number of rotatable bonds is 4. The SMILES string of the molecule is CCOc1ccccc1-c1cc(C(C)(C)O)c(=O)n(C)n1. The van der Waals surface area contributed by atoms with Gasteiger partial charge in [0, 0.05) is 12.6 Å². The molecule has 112 valence electrons. The van der Waals surface area contributed by atoms with Gasteiger partial charge in [-0.2, -0.15) is 5.10 Å². The number of hydrogen-bond donors (Lipinski definition) is 1. The zero-order valence-corrected chi connectivity index (χ0v) is 12.8. The van der Waals surface area contributed by atoms with E-state index >= 15 is 0 Å². The second kappa shape index (κ2) is 5.69. The van der Waals surface area contributed by atoms with E-state index in [9.17, 15) is 9.90 Å². The third-order valence-electron chi connectivity index (χ3n) is 3.19. The quantitative estimate of drug-likeness (QED) is 0.935. The Labute approximate surface area is 123 Å². The van der Waals surface area contributed by atoms with Gasteiger partial charge in [0.15, 0.2) is 0 Å². The summed E-state index contributed by atoms with van der Waals surface area (Å²) in [5.41, 5.74) is 0.160. The van der Waals surface area contributed by atoms with Crippen LogP contribution in [0.25, 0.3) is 11.3 Å². The van der Waals surface area contributed by atoms with Gasteiger partial charge in [-0.3, -0.25) is 4.79 Å². The van der Waals surface area contributed by atoms with Gasteiger partial charge >= 0.3 is 0 Å². The lowest BCUT2D eigenvalue weighted by Crippen LogP contribution is -2.32. The van der Waals surface area contributed by atoms with Crippen molar-refractivity contribution in [2.75, 3.05) is 6.61 Å². The lowest BCUT2D eigenvalue weighted by atomic mass is 9.98. The van der Waals surface area contributed by atoms with Crippen LogP contribution in [-0.2, 0) is 12.6 Å². The first-order valence-corrected chi connectivity index (χ1v) is 6.88. The second-order valence-corrected chi connectivity index (χ2v) is 5.36. The summed E-state index contributed by atoms with van der Waals surface area (Å²) in [7, 11) is 1.57. The number of hydrogen-bond acceptors (Lipinski definition) is 4. The normalized spacial score (nSPS) is 11.5. The number of aliphatic hydroxyl groups is 1. The van der Waals surface area contributed by atoms with Crippen molar-refractivity contribution in [3.05, 3.63) is 46.2 Å². The number of benzene rings is 1. The summed E-state index contributed by atoms with van der Waals surface area (Å²) >= 11 is 0. The summed E-state index contributed by atoms with van der Waals surface area (Å²) in [6.07, 6.45) is 0. The highest BCUT2D eigenvalue weighted by Crippen LogP contribution is 2.29. The molecule has 5 nitrogen and oxygen atoms in total. The molecule has 0 radical (unpaired) electrons. The van der Waals surface area contributed by atoms with Crippen molar-refractivity contribution in [2.45, 2.75) is 26.4 Å². The van der Waals surface area contributed by atoms with Crippen molar-refractivity contribution >= 4 is 0 Å². The summed E-state index contributed by atoms with van der Waals surface area (Å²) < 4.78 is 6.84. The van der Waals surface area contributed by atoms with Gasteiger partial charge in [-0.25, -0.2) is 4.68 Å². The van der Waals surface area contributed by atoms with Crippen molar-refractivity contribution in [1.82, 2.24) is 9.78 Å². The Kier molecular flexibility index (Phi) is 4.14. The van der Waals surface area contributed by atoms with E-state index in [1.165, 1.54) is 4.68 Å². The first-order chi connectivity index (χ1) is 9.84. The molecule has 0 aliphatic rings. The number of ether oxygens (including phenoxy) is 1. The highest BCUT2D eigenvalue weighted by molar-refractivity contribution is 5.67. The maximum Gasteiger partial charge on any atom is 0.272 e. The largest absolute Gasteiger partial charge is 0.493 e. The van der Waals surface area contributed by atoms with Gasteiger partial charge in [0.2, 0.25) is 0 Å². The maximum absolute atomic E-state index is 12.1. The highest BCUT2D eigenvalue weighted by atomic mass is 16.5. The molecule has 1 N–H and O–H groups in total. The molecule has 0 unspecified atom stereocenters. The highest BCUT2D eigenvalue weighted by Gasteiger charge is 2.23. The first kappa shape index (κ1) is 15.3. The first-order valence-electron chi connectivity index (χ1n) is 6.88. The fourth-order valence-corrected chi connectivity index (χ4v) is 2.14. The minimum Gasteiger partial charge on any atom is -0.493 e. The Hall–Kier alpha value is -2.14. The van der Waals surface area contributed by atoms with Crippen LogP contribution < -0.4 is 10.3 Å². The summed E-state index contributed by atoms with van der Waals surface area (Å²) in [6.45, 7) is 5.62. The van der Waals surface area contributed by atoms with Crippen molar-refractivity contribution in [1.29, 1.82) is 0 Å². The third kappa shape index (κ3) is 3.13. The number of aryl methyl sites for hydroxylation is 1. The molecule has 21 heavy (non-hydrogen) atoms. The lowest BCUT2D eigenvalue weighted by molar-refractivity contribution is 0.0763. The molecule has 0 aliphatic carbocycles. The average molecular weight is 288 g/mol. The fourth-order valence-electron chi connectivity index (χ4n) is 2.14. The zero-order valence-electron chi connectivity index (χ0n) is 12.8. The lowest BCUT2D eigenvalue weighted by Gasteiger charge is -2.19. The number of nitrogens with zero attached hydrogens (tertiary/aromatic N) is 2. The third-order valence-corrected chi connectivity index (χ3v) is 3.19. The standard InChI is InChI=1S/C16H20N2O3/c1-5-21-14-9-7-6-8-11(14)13-10-12(16(2,3)20)15(19)18(4)17-13/h6-10,20H,5H2,1-4H3. The molecule has 0 spiro atoms. The van der Waals surface area contributed by atoms with Gasteiger partial charge in [-0.05, 0) is 39.0 Å². The predicted molar refractivity (Wildman–Crippen MR) is 81.3 cm³/mol. The van der Waals surface area contributed by atoms with Gasteiger partial charge in [-0.1, -0.05) is 12.1 Å². The van der Waals surface area contributed by atoms with E-state index in [0.29, 0.717) is 23.6 Å². The molecule has 0 atom stereocenters. The minimum atomic E-state index is -1.23. The average Bonchev–Trinajstić information content (AvgIpc) is 2.41. The van der Waals surface area contributed by atoms with Gasteiger partial charge in [0.05, 0.1) is 23.5 Å². The van der Waals surface area contributed by atoms with Crippen LogP contribution in [0.3, 0.4) is 0 Å². The van der Waals surface area contributed by atoms with Crippen LogP contribution in [0.15, 0.2) is 35.1 Å². The molecule has 0 amide bonds. The summed E-state index contributed by atoms with van der Waals surface area (Å²) in [5, 5.41) is 14.4. The van der Waals surface area contributed by atoms with Gasteiger partial charge in [0.25, 0.3) is 5.56 Å². The molecule has 1 aromatic carbocycles. The van der Waals surface area contributed by atoms with E-state index < -0.39 is 5.60 Å². The molecule has 0 fully saturated rings. The van der Waals surface area contributed by atoms with E-state index in [2.05, 4.69) is 5.10 Å². The summed E-state index contributed by atoms with van der Waals surface area (Å²) in [5.74, 6) is 0.702. The monoisotopic (exact) mass is 288 g/mol. The zero-order chi connectivity index (χ0) is 15.6. The molecule has 1 aromatic heterocycles. The van der Waals surface area contributed by atoms with Crippen LogP contribution in [0.1, 0.15) is 26.3 Å². The second-order valence-electron chi connectivity index (χ2n) is 5.36. The molecule has 0 saturated heterocycles. The fraction of sp³-hybridized carbons (Fsp3) is 0.375. The van der Waals surface area contributed by atoms with Gasteiger partial charge in [0.1, 0.15) is 5.75 Å². The predicted octanol–water partition coefficient (Wildman–Crippen LogP) is 2.07. The molecule has 0 saturated carbocycles. The molecule has 2 rings (SSSR count). The Bertz CT molecular complexity index is 699. The summed E-state index contributed by atoms with van der Waals surface area (Å²) in [6, 6.07) is 9.13. The smallest absolute Gasteiger partial charge is 0.272 e. The van der Waals surface area contributed by atoms with Crippen LogP contribution in [-0.4, -0.2) is 21.5 Å². The molecular formula is C16H20N2O3. The van der Waals surface area contributed by atoms with Crippen LogP contribution in [0.5, 0.6) is 5.75 Å². The van der Waals surface area contributed by atoms with Crippen molar-refractivity contribution in [3.63, 3.8) is 0 Å². The van der Waals surface area contributed by atoms with E-state index in [4.69, 9.17) is 4.74 Å². The molecular weight excluding hydrogens is 268 g/mol. The molecule has 0 bridgehead atoms. The van der Waals surface area contributed by atoms with Crippen molar-refractivity contribution in [3.8, 4) is 17.0 Å². The van der Waals surface area contributed by atoms with Gasteiger partial charge < -0.3 is 9.84 Å². The number of para-hydroxylation sites is 1. The van der Waals surface area contributed by atoms with E-state index in [-0.39, 0.29) is 5.56 Å². The van der Waals surface area contributed by atoms with E-state index in [1.807, 2.05) is 31.2 Å². The van der Waals surface area contributed by atoms with Gasteiger partial charge in [-0.15, -0.1) is 0 Å². The Morgan fingerprint density at radius 1 is 1.33 bits per heavy atom. The number of aromatic nitrogens is 2. The molecule has 2 aromatic rings. The maximum atomic E-state index is 12.1. The van der Waals surface area contributed by atoms with Crippen LogP contribution >= 0.6 is 0 Å². The van der Waals surface area contributed by atoms with E-state index in [1.54, 1.807) is 27.0 Å².